The van der Waals surface area contributed by atoms with Gasteiger partial charge in [-0.05, 0) is 13.3 Å². The van der Waals surface area contributed by atoms with E-state index < -0.39 is 46.2 Å². The summed E-state index contributed by atoms with van der Waals surface area (Å²) in [4.78, 5) is 25.8. The van der Waals surface area contributed by atoms with Gasteiger partial charge in [-0.15, -0.1) is 30.1 Å². The van der Waals surface area contributed by atoms with Crippen LogP contribution < -0.4 is 0 Å². The van der Waals surface area contributed by atoms with Crippen LogP contribution in [0.4, 0.5) is 0 Å². The number of rotatable bonds is 8. The first-order valence-electron chi connectivity index (χ1n) is 7.25. The molecule has 2 fully saturated rings. The number of hydrogen-bond donors (Lipinski definition) is 4. The van der Waals surface area contributed by atoms with Crippen molar-refractivity contribution >= 4 is 35.4 Å². The summed E-state index contributed by atoms with van der Waals surface area (Å²) in [5.74, 6) is -1.92. The van der Waals surface area contributed by atoms with Crippen molar-refractivity contribution in [2.75, 3.05) is 12.4 Å². The number of nitrogens with zero attached hydrogens (tertiary/aromatic N) is 1. The number of thioether (sulfide) groups is 2. The zero-order chi connectivity index (χ0) is 17.4. The fourth-order valence-electron chi connectivity index (χ4n) is 2.94. The van der Waals surface area contributed by atoms with Crippen LogP contribution in [-0.2, 0) is 9.59 Å². The molecule has 1 amide bonds. The third kappa shape index (κ3) is 3.00. The average Bonchev–Trinajstić information content (AvgIpc) is 2.75. The van der Waals surface area contributed by atoms with E-state index in [9.17, 15) is 24.9 Å². The van der Waals surface area contributed by atoms with Crippen LogP contribution in [0.15, 0.2) is 12.7 Å². The van der Waals surface area contributed by atoms with Crippen molar-refractivity contribution in [2.24, 2.45) is 5.92 Å². The minimum absolute atomic E-state index is 0.0392. The number of hydrogen-bond acceptors (Lipinski definition) is 7. The standard InChI is InChI=1S/C14H21NO6S2/c1-3-4-9-14(13(20)21,22-6-8(18)5-16)23-12-10(7(2)17)11(19)15(9)12/h3,7-10,12,16-18H,1,4-6H2,2H3,(H,20,21)/t7?,8?,9?,10-,12+,14?/m0/s1. The topological polar surface area (TPSA) is 118 Å². The number of aliphatic hydroxyl groups excluding tert-OH is 3. The molecule has 0 aromatic rings. The van der Waals surface area contributed by atoms with Gasteiger partial charge in [0, 0.05) is 5.75 Å². The average molecular weight is 363 g/mol. The van der Waals surface area contributed by atoms with Gasteiger partial charge >= 0.3 is 5.97 Å². The first-order chi connectivity index (χ1) is 10.8. The van der Waals surface area contributed by atoms with Crippen molar-refractivity contribution < 1.29 is 30.0 Å². The maximum Gasteiger partial charge on any atom is 0.332 e. The highest BCUT2D eigenvalue weighted by Crippen LogP contribution is 2.59. The fourth-order valence-corrected chi connectivity index (χ4v) is 6.47. The van der Waals surface area contributed by atoms with Gasteiger partial charge in [-0.2, -0.15) is 0 Å². The lowest BCUT2D eigenvalue weighted by atomic mass is 9.89. The summed E-state index contributed by atoms with van der Waals surface area (Å²) in [7, 11) is 0. The Labute approximate surface area is 142 Å². The van der Waals surface area contributed by atoms with Crippen LogP contribution in [0, 0.1) is 5.92 Å². The number of carbonyl (C=O) groups excluding carboxylic acids is 1. The number of β-lactam (4-membered cyclic amide) rings is 1. The molecule has 4 N–H and O–H groups in total. The van der Waals surface area contributed by atoms with Gasteiger partial charge in [0.2, 0.25) is 5.91 Å². The number of carbonyl (C=O) groups is 2. The van der Waals surface area contributed by atoms with Crippen molar-refractivity contribution in [2.45, 2.75) is 41.0 Å². The molecule has 2 saturated heterocycles. The molecule has 6 atom stereocenters. The van der Waals surface area contributed by atoms with Gasteiger partial charge in [-0.25, -0.2) is 4.79 Å². The van der Waals surface area contributed by atoms with Crippen molar-refractivity contribution in [3.63, 3.8) is 0 Å². The third-order valence-electron chi connectivity index (χ3n) is 4.10. The second kappa shape index (κ2) is 7.02. The van der Waals surface area contributed by atoms with Crippen LogP contribution in [0.25, 0.3) is 0 Å². The molecule has 0 aromatic carbocycles. The molecule has 0 radical (unpaired) electrons. The smallest absolute Gasteiger partial charge is 0.332 e. The number of aliphatic carboxylic acids is 1. The van der Waals surface area contributed by atoms with Gasteiger partial charge in [-0.1, -0.05) is 6.08 Å². The second-order valence-corrected chi connectivity index (χ2v) is 8.57. The molecular weight excluding hydrogens is 342 g/mol. The lowest BCUT2D eigenvalue weighted by Crippen LogP contribution is -2.63. The summed E-state index contributed by atoms with van der Waals surface area (Å²) in [6, 6.07) is -0.606. The Hall–Kier alpha value is -0.740. The molecule has 0 aliphatic carbocycles. The molecular formula is C14H21NO6S2. The molecule has 0 bridgehead atoms. The highest BCUT2D eigenvalue weighted by atomic mass is 32.2. The van der Waals surface area contributed by atoms with Crippen LogP contribution in [0.3, 0.4) is 0 Å². The zero-order valence-electron chi connectivity index (χ0n) is 12.7. The van der Waals surface area contributed by atoms with E-state index in [4.69, 9.17) is 5.11 Å². The van der Waals surface area contributed by atoms with E-state index in [-0.39, 0.29) is 11.7 Å². The molecule has 0 spiro atoms. The summed E-state index contributed by atoms with van der Waals surface area (Å²) >= 11 is 2.14. The summed E-state index contributed by atoms with van der Waals surface area (Å²) in [6.45, 7) is 4.70. The van der Waals surface area contributed by atoms with E-state index in [0.29, 0.717) is 6.42 Å². The van der Waals surface area contributed by atoms with Gasteiger partial charge in [-0.3, -0.25) is 4.79 Å². The first kappa shape index (κ1) is 18.6. The van der Waals surface area contributed by atoms with E-state index in [1.165, 1.54) is 11.8 Å². The predicted octanol–water partition coefficient (Wildman–Crippen LogP) is -0.290. The number of fused-ring (bicyclic) bond motifs is 1. The molecule has 9 heteroatoms. The Kier molecular flexibility index (Phi) is 5.68. The molecule has 130 valence electrons. The third-order valence-corrected chi connectivity index (χ3v) is 7.73. The fraction of sp³-hybridized carbons (Fsp3) is 0.714. The van der Waals surface area contributed by atoms with Crippen LogP contribution in [0.2, 0.25) is 0 Å². The highest BCUT2D eigenvalue weighted by molar-refractivity contribution is 8.20. The Morgan fingerprint density at radius 2 is 2.22 bits per heavy atom. The van der Waals surface area contributed by atoms with Crippen LogP contribution >= 0.6 is 23.5 Å². The Morgan fingerprint density at radius 1 is 1.57 bits per heavy atom. The first-order valence-corrected chi connectivity index (χ1v) is 9.11. The number of carboxylic acid groups (broad SMARTS) is 1. The normalized spacial score (nSPS) is 35.4. The van der Waals surface area contributed by atoms with Crippen molar-refractivity contribution in [3.05, 3.63) is 12.7 Å². The van der Waals surface area contributed by atoms with Gasteiger partial charge in [0.15, 0.2) is 4.08 Å². The molecule has 2 aliphatic heterocycles. The van der Waals surface area contributed by atoms with Crippen LogP contribution in [0.1, 0.15) is 13.3 Å². The van der Waals surface area contributed by atoms with E-state index in [2.05, 4.69) is 6.58 Å². The van der Waals surface area contributed by atoms with E-state index in [1.807, 2.05) is 0 Å². The maximum absolute atomic E-state index is 12.3. The van der Waals surface area contributed by atoms with Crippen LogP contribution in [0.5, 0.6) is 0 Å². The van der Waals surface area contributed by atoms with Crippen molar-refractivity contribution in [1.29, 1.82) is 0 Å². The SMILES string of the molecule is C=CCC1N2C(=O)[C@H](C(C)O)[C@H]2SC1(SCC(O)CO)C(=O)O. The van der Waals surface area contributed by atoms with Gasteiger partial charge < -0.3 is 25.3 Å². The molecule has 0 aromatic heterocycles. The molecule has 0 saturated carbocycles. The minimum atomic E-state index is -1.35. The molecule has 2 aliphatic rings. The predicted molar refractivity (Wildman–Crippen MR) is 87.9 cm³/mol. The van der Waals surface area contributed by atoms with Crippen molar-refractivity contribution in [3.8, 4) is 0 Å². The number of aliphatic hydroxyl groups is 3. The highest BCUT2D eigenvalue weighted by Gasteiger charge is 2.68. The number of amides is 1. The maximum atomic E-state index is 12.3. The van der Waals surface area contributed by atoms with Crippen LogP contribution in [-0.4, -0.2) is 77.3 Å². The van der Waals surface area contributed by atoms with E-state index >= 15 is 0 Å². The molecule has 23 heavy (non-hydrogen) atoms. The lowest BCUT2D eigenvalue weighted by Gasteiger charge is -2.45. The molecule has 4 unspecified atom stereocenters. The largest absolute Gasteiger partial charge is 0.480 e. The zero-order valence-corrected chi connectivity index (χ0v) is 14.3. The number of carboxylic acids is 1. The lowest BCUT2D eigenvalue weighted by molar-refractivity contribution is -0.160. The Bertz CT molecular complexity index is 502. The van der Waals surface area contributed by atoms with Crippen molar-refractivity contribution in [1.82, 2.24) is 4.90 Å². The minimum Gasteiger partial charge on any atom is -0.480 e. The quantitative estimate of drug-likeness (QED) is 0.343. The van der Waals surface area contributed by atoms with E-state index in [0.717, 1.165) is 23.5 Å². The molecule has 7 nitrogen and oxygen atoms in total. The Morgan fingerprint density at radius 3 is 2.70 bits per heavy atom. The van der Waals surface area contributed by atoms with Gasteiger partial charge in [0.25, 0.3) is 0 Å². The van der Waals surface area contributed by atoms with Gasteiger partial charge in [0.1, 0.15) is 0 Å². The summed E-state index contributed by atoms with van der Waals surface area (Å²) in [5.41, 5.74) is 0. The second-order valence-electron chi connectivity index (χ2n) is 5.68. The molecule has 2 rings (SSSR count). The summed E-state index contributed by atoms with van der Waals surface area (Å²) in [5, 5.41) is 37.7. The molecule has 2 heterocycles. The summed E-state index contributed by atoms with van der Waals surface area (Å²) in [6.07, 6.45) is -0.0101. The van der Waals surface area contributed by atoms with E-state index in [1.54, 1.807) is 6.08 Å². The summed E-state index contributed by atoms with van der Waals surface area (Å²) < 4.78 is -1.35. The van der Waals surface area contributed by atoms with Gasteiger partial charge in [0.05, 0.1) is 36.1 Å². The monoisotopic (exact) mass is 363 g/mol. The Balaban J connectivity index is 2.30.